The van der Waals surface area contributed by atoms with Gasteiger partial charge in [-0.1, -0.05) is 19.1 Å². The zero-order chi connectivity index (χ0) is 17.4. The van der Waals surface area contributed by atoms with E-state index in [1.165, 1.54) is 12.1 Å². The van der Waals surface area contributed by atoms with Crippen LogP contribution in [0.5, 0.6) is 11.5 Å². The van der Waals surface area contributed by atoms with Crippen LogP contribution in [-0.2, 0) is 4.79 Å². The van der Waals surface area contributed by atoms with Crippen molar-refractivity contribution in [2.24, 2.45) is 0 Å². The molecule has 1 atom stereocenters. The van der Waals surface area contributed by atoms with E-state index in [9.17, 15) is 9.18 Å². The molecule has 0 spiro atoms. The molecule has 1 amide bonds. The Bertz CT molecular complexity index is 658. The fourth-order valence-electron chi connectivity index (χ4n) is 2.16. The first-order valence-corrected chi connectivity index (χ1v) is 7.98. The molecule has 0 saturated heterocycles. The van der Waals surface area contributed by atoms with Crippen molar-refractivity contribution in [3.05, 3.63) is 59.9 Å². The highest BCUT2D eigenvalue weighted by molar-refractivity contribution is 5.81. The number of ether oxygens (including phenoxy) is 2. The SMILES string of the molecule is CC[C@@H](Oc1cccc(C)c1)C(=O)NCCOc1ccc(F)cc1. The fourth-order valence-corrected chi connectivity index (χ4v) is 2.16. The highest BCUT2D eigenvalue weighted by atomic mass is 19.1. The lowest BCUT2D eigenvalue weighted by molar-refractivity contribution is -0.128. The molecule has 0 aromatic heterocycles. The molecule has 0 heterocycles. The molecule has 5 heteroatoms. The molecule has 0 bridgehead atoms. The topological polar surface area (TPSA) is 47.6 Å². The van der Waals surface area contributed by atoms with Gasteiger partial charge in [0.2, 0.25) is 0 Å². The Labute approximate surface area is 141 Å². The van der Waals surface area contributed by atoms with Crippen molar-refractivity contribution < 1.29 is 18.7 Å². The minimum atomic E-state index is -0.544. The molecule has 0 unspecified atom stereocenters. The van der Waals surface area contributed by atoms with Crippen molar-refractivity contribution in [1.82, 2.24) is 5.32 Å². The number of nitrogens with one attached hydrogen (secondary N) is 1. The summed E-state index contributed by atoms with van der Waals surface area (Å²) in [5.41, 5.74) is 1.08. The summed E-state index contributed by atoms with van der Waals surface area (Å²) in [6.07, 6.45) is 0.0242. The van der Waals surface area contributed by atoms with Gasteiger partial charge in [0, 0.05) is 0 Å². The number of amides is 1. The van der Waals surface area contributed by atoms with Gasteiger partial charge in [0.15, 0.2) is 6.10 Å². The first-order chi connectivity index (χ1) is 11.6. The molecule has 2 aromatic rings. The number of hydrogen-bond donors (Lipinski definition) is 1. The highest BCUT2D eigenvalue weighted by Gasteiger charge is 2.17. The Morgan fingerprint density at radius 1 is 1.17 bits per heavy atom. The molecule has 4 nitrogen and oxygen atoms in total. The van der Waals surface area contributed by atoms with Crippen LogP contribution in [-0.4, -0.2) is 25.2 Å². The van der Waals surface area contributed by atoms with Crippen LogP contribution in [0.25, 0.3) is 0 Å². The smallest absolute Gasteiger partial charge is 0.261 e. The third kappa shape index (κ3) is 5.57. The van der Waals surface area contributed by atoms with Crippen LogP contribution in [0.15, 0.2) is 48.5 Å². The summed E-state index contributed by atoms with van der Waals surface area (Å²) >= 11 is 0. The molecule has 0 radical (unpaired) electrons. The number of halogens is 1. The Morgan fingerprint density at radius 3 is 2.58 bits per heavy atom. The van der Waals surface area contributed by atoms with E-state index in [0.29, 0.717) is 31.1 Å². The van der Waals surface area contributed by atoms with Crippen molar-refractivity contribution >= 4 is 5.91 Å². The first-order valence-electron chi connectivity index (χ1n) is 7.98. The van der Waals surface area contributed by atoms with Gasteiger partial charge in [-0.05, 0) is 55.3 Å². The van der Waals surface area contributed by atoms with E-state index in [4.69, 9.17) is 9.47 Å². The molecule has 2 aromatic carbocycles. The van der Waals surface area contributed by atoms with E-state index >= 15 is 0 Å². The Morgan fingerprint density at radius 2 is 1.92 bits per heavy atom. The zero-order valence-electron chi connectivity index (χ0n) is 13.9. The van der Waals surface area contributed by atoms with Crippen molar-refractivity contribution in [1.29, 1.82) is 0 Å². The maximum absolute atomic E-state index is 12.8. The number of hydrogen-bond acceptors (Lipinski definition) is 3. The molecule has 0 aliphatic carbocycles. The van der Waals surface area contributed by atoms with Crippen molar-refractivity contribution in [3.63, 3.8) is 0 Å². The lowest BCUT2D eigenvalue weighted by atomic mass is 10.2. The van der Waals surface area contributed by atoms with Gasteiger partial charge in [-0.3, -0.25) is 4.79 Å². The van der Waals surface area contributed by atoms with E-state index in [0.717, 1.165) is 5.56 Å². The lowest BCUT2D eigenvalue weighted by Gasteiger charge is -2.17. The average Bonchev–Trinajstić information content (AvgIpc) is 2.58. The van der Waals surface area contributed by atoms with Crippen LogP contribution in [0.4, 0.5) is 4.39 Å². The van der Waals surface area contributed by atoms with Crippen LogP contribution in [0.2, 0.25) is 0 Å². The Kier molecular flexibility index (Phi) is 6.61. The number of carbonyl (C=O) groups excluding carboxylic acids is 1. The molecular weight excluding hydrogens is 309 g/mol. The van der Waals surface area contributed by atoms with Gasteiger partial charge in [-0.15, -0.1) is 0 Å². The summed E-state index contributed by atoms with van der Waals surface area (Å²) in [5, 5.41) is 2.79. The Balaban J connectivity index is 1.76. The normalized spacial score (nSPS) is 11.6. The third-order valence-corrected chi connectivity index (χ3v) is 3.41. The second-order valence-electron chi connectivity index (χ2n) is 5.42. The largest absolute Gasteiger partial charge is 0.492 e. The van der Waals surface area contributed by atoms with Gasteiger partial charge < -0.3 is 14.8 Å². The van der Waals surface area contributed by atoms with Gasteiger partial charge in [-0.2, -0.15) is 0 Å². The summed E-state index contributed by atoms with van der Waals surface area (Å²) in [6, 6.07) is 13.4. The number of aryl methyl sites for hydroxylation is 1. The third-order valence-electron chi connectivity index (χ3n) is 3.41. The standard InChI is InChI=1S/C19H22FNO3/c1-3-18(24-17-6-4-5-14(2)13-17)19(22)21-11-12-23-16-9-7-15(20)8-10-16/h4-10,13,18H,3,11-12H2,1-2H3,(H,21,22)/t18-/m1/s1. The van der Waals surface area contributed by atoms with Crippen LogP contribution in [0.3, 0.4) is 0 Å². The molecule has 1 N–H and O–H groups in total. The van der Waals surface area contributed by atoms with E-state index < -0.39 is 6.10 Å². The Hall–Kier alpha value is -2.56. The minimum absolute atomic E-state index is 0.179. The second kappa shape index (κ2) is 8.91. The molecule has 128 valence electrons. The van der Waals surface area contributed by atoms with Crippen LogP contribution >= 0.6 is 0 Å². The van der Waals surface area contributed by atoms with Crippen LogP contribution in [0.1, 0.15) is 18.9 Å². The first kappa shape index (κ1) is 17.8. The average molecular weight is 331 g/mol. The minimum Gasteiger partial charge on any atom is -0.492 e. The summed E-state index contributed by atoms with van der Waals surface area (Å²) in [7, 11) is 0. The fraction of sp³-hybridized carbons (Fsp3) is 0.316. The van der Waals surface area contributed by atoms with E-state index in [2.05, 4.69) is 5.32 Å². The predicted molar refractivity (Wildman–Crippen MR) is 90.8 cm³/mol. The van der Waals surface area contributed by atoms with Crippen molar-refractivity contribution in [2.45, 2.75) is 26.4 Å². The molecule has 2 rings (SSSR count). The monoisotopic (exact) mass is 331 g/mol. The second-order valence-corrected chi connectivity index (χ2v) is 5.42. The van der Waals surface area contributed by atoms with Crippen LogP contribution in [0, 0.1) is 12.7 Å². The molecule has 0 fully saturated rings. The molecule has 0 saturated carbocycles. The maximum Gasteiger partial charge on any atom is 0.261 e. The predicted octanol–water partition coefficient (Wildman–Crippen LogP) is 3.49. The number of carbonyl (C=O) groups is 1. The zero-order valence-corrected chi connectivity index (χ0v) is 13.9. The highest BCUT2D eigenvalue weighted by Crippen LogP contribution is 2.15. The van der Waals surface area contributed by atoms with Gasteiger partial charge in [-0.25, -0.2) is 4.39 Å². The quantitative estimate of drug-likeness (QED) is 0.753. The molecular formula is C19H22FNO3. The summed E-state index contributed by atoms with van der Waals surface area (Å²) in [6.45, 7) is 4.53. The van der Waals surface area contributed by atoms with Crippen LogP contribution < -0.4 is 14.8 Å². The van der Waals surface area contributed by atoms with E-state index in [1.54, 1.807) is 12.1 Å². The van der Waals surface area contributed by atoms with E-state index in [-0.39, 0.29) is 11.7 Å². The van der Waals surface area contributed by atoms with Gasteiger partial charge in [0.25, 0.3) is 5.91 Å². The summed E-state index contributed by atoms with van der Waals surface area (Å²) < 4.78 is 24.0. The summed E-state index contributed by atoms with van der Waals surface area (Å²) in [5.74, 6) is 0.754. The number of rotatable bonds is 8. The molecule has 0 aliphatic heterocycles. The molecule has 24 heavy (non-hydrogen) atoms. The van der Waals surface area contributed by atoms with Gasteiger partial charge in [0.1, 0.15) is 23.9 Å². The summed E-state index contributed by atoms with van der Waals surface area (Å²) in [4.78, 5) is 12.2. The number of benzene rings is 2. The molecule has 0 aliphatic rings. The van der Waals surface area contributed by atoms with Crippen molar-refractivity contribution in [3.8, 4) is 11.5 Å². The maximum atomic E-state index is 12.8. The van der Waals surface area contributed by atoms with Gasteiger partial charge in [0.05, 0.1) is 6.54 Å². The van der Waals surface area contributed by atoms with E-state index in [1.807, 2.05) is 38.1 Å². The van der Waals surface area contributed by atoms with Crippen molar-refractivity contribution in [2.75, 3.05) is 13.2 Å². The lowest BCUT2D eigenvalue weighted by Crippen LogP contribution is -2.39. The van der Waals surface area contributed by atoms with Gasteiger partial charge >= 0.3 is 0 Å².